The van der Waals surface area contributed by atoms with Gasteiger partial charge in [-0.2, -0.15) is 13.2 Å². The van der Waals surface area contributed by atoms with Crippen LogP contribution >= 0.6 is 0 Å². The molecule has 0 aromatic carbocycles. The Morgan fingerprint density at radius 2 is 1.71 bits per heavy atom. The van der Waals surface area contributed by atoms with Crippen LogP contribution in [-0.2, 0) is 4.79 Å². The summed E-state index contributed by atoms with van der Waals surface area (Å²) in [7, 11) is 0. The molecule has 1 rings (SSSR count). The summed E-state index contributed by atoms with van der Waals surface area (Å²) in [6, 6.07) is 0. The van der Waals surface area contributed by atoms with Gasteiger partial charge in [0.2, 0.25) is 5.78 Å². The maximum atomic E-state index is 11.9. The summed E-state index contributed by atoms with van der Waals surface area (Å²) in [6.45, 7) is 0. The van der Waals surface area contributed by atoms with Gasteiger partial charge in [-0.15, -0.1) is 0 Å². The Bertz CT molecular complexity index is 192. The minimum absolute atomic E-state index is 0.325. The number of hydrogen-bond acceptors (Lipinski definition) is 1. The van der Waals surface area contributed by atoms with Crippen molar-refractivity contribution < 1.29 is 18.0 Å². The monoisotopic (exact) mass is 208 g/mol. The average molecular weight is 208 g/mol. The van der Waals surface area contributed by atoms with Crippen LogP contribution in [-0.4, -0.2) is 12.0 Å². The van der Waals surface area contributed by atoms with Gasteiger partial charge in [0.15, 0.2) is 0 Å². The fourth-order valence-corrected chi connectivity index (χ4v) is 1.95. The van der Waals surface area contributed by atoms with Gasteiger partial charge in [-0.25, -0.2) is 0 Å². The second kappa shape index (κ2) is 4.80. The van der Waals surface area contributed by atoms with E-state index in [4.69, 9.17) is 0 Å². The van der Waals surface area contributed by atoms with Gasteiger partial charge in [0.25, 0.3) is 0 Å². The van der Waals surface area contributed by atoms with E-state index in [2.05, 4.69) is 0 Å². The van der Waals surface area contributed by atoms with Crippen molar-refractivity contribution in [1.82, 2.24) is 0 Å². The van der Waals surface area contributed by atoms with E-state index < -0.39 is 12.0 Å². The Labute approximate surface area is 81.7 Å². The summed E-state index contributed by atoms with van der Waals surface area (Å²) in [5.74, 6) is -1.22. The molecule has 0 unspecified atom stereocenters. The molecule has 0 aromatic heterocycles. The number of alkyl halides is 3. The van der Waals surface area contributed by atoms with Gasteiger partial charge >= 0.3 is 6.18 Å². The standard InChI is InChI=1S/C10H15F3O/c11-10(12,13)9(14)7-6-8-4-2-1-3-5-8/h8H,1-7H2. The van der Waals surface area contributed by atoms with E-state index in [-0.39, 0.29) is 6.42 Å². The molecule has 0 saturated heterocycles. The van der Waals surface area contributed by atoms with Crippen LogP contribution in [0.3, 0.4) is 0 Å². The molecule has 1 saturated carbocycles. The van der Waals surface area contributed by atoms with Crippen molar-refractivity contribution in [3.8, 4) is 0 Å². The zero-order valence-corrected chi connectivity index (χ0v) is 8.07. The third-order valence-corrected chi connectivity index (χ3v) is 2.82. The lowest BCUT2D eigenvalue weighted by molar-refractivity contribution is -0.171. The van der Waals surface area contributed by atoms with E-state index >= 15 is 0 Å². The van der Waals surface area contributed by atoms with Crippen molar-refractivity contribution in [2.24, 2.45) is 5.92 Å². The topological polar surface area (TPSA) is 17.1 Å². The molecule has 0 aliphatic heterocycles. The molecule has 1 aliphatic carbocycles. The average Bonchev–Trinajstić information content (AvgIpc) is 2.14. The van der Waals surface area contributed by atoms with Crippen LogP contribution in [0.25, 0.3) is 0 Å². The van der Waals surface area contributed by atoms with Crippen molar-refractivity contribution in [3.05, 3.63) is 0 Å². The van der Waals surface area contributed by atoms with Gasteiger partial charge in [-0.05, 0) is 12.3 Å². The molecule has 0 bridgehead atoms. The normalized spacial score (nSPS) is 19.6. The van der Waals surface area contributed by atoms with Gasteiger partial charge in [-0.3, -0.25) is 4.79 Å². The first-order valence-electron chi connectivity index (χ1n) is 5.10. The van der Waals surface area contributed by atoms with Crippen LogP contribution < -0.4 is 0 Å². The minimum Gasteiger partial charge on any atom is -0.290 e. The summed E-state index contributed by atoms with van der Waals surface area (Å²) in [5.41, 5.74) is 0. The molecule has 0 amide bonds. The molecule has 0 aromatic rings. The highest BCUT2D eigenvalue weighted by Crippen LogP contribution is 2.29. The van der Waals surface area contributed by atoms with E-state index in [0.29, 0.717) is 12.3 Å². The summed E-state index contributed by atoms with van der Waals surface area (Å²) in [6.07, 6.45) is 0.830. The second-order valence-corrected chi connectivity index (χ2v) is 3.96. The molecule has 0 radical (unpaired) electrons. The van der Waals surface area contributed by atoms with Crippen LogP contribution in [0, 0.1) is 5.92 Å². The third kappa shape index (κ3) is 3.68. The first kappa shape index (κ1) is 11.5. The maximum absolute atomic E-state index is 11.9. The number of halogens is 3. The largest absolute Gasteiger partial charge is 0.449 e. The van der Waals surface area contributed by atoms with Crippen LogP contribution in [0.15, 0.2) is 0 Å². The lowest BCUT2D eigenvalue weighted by Gasteiger charge is -2.21. The molecule has 1 aliphatic rings. The van der Waals surface area contributed by atoms with Gasteiger partial charge in [-0.1, -0.05) is 32.1 Å². The quantitative estimate of drug-likeness (QED) is 0.694. The summed E-state index contributed by atoms with van der Waals surface area (Å²) < 4.78 is 35.6. The summed E-state index contributed by atoms with van der Waals surface area (Å²) in [4.78, 5) is 10.6. The van der Waals surface area contributed by atoms with Gasteiger partial charge in [0.1, 0.15) is 0 Å². The minimum atomic E-state index is -4.63. The SMILES string of the molecule is O=C(CCC1CCCCC1)C(F)(F)F. The first-order valence-corrected chi connectivity index (χ1v) is 5.10. The number of carbonyl (C=O) groups is 1. The molecule has 82 valence electrons. The molecule has 0 spiro atoms. The Kier molecular flexibility index (Phi) is 3.96. The smallest absolute Gasteiger partial charge is 0.290 e. The van der Waals surface area contributed by atoms with E-state index in [9.17, 15) is 18.0 Å². The predicted octanol–water partition coefficient (Wildman–Crippen LogP) is 3.48. The first-order chi connectivity index (χ1) is 6.50. The fourth-order valence-electron chi connectivity index (χ4n) is 1.95. The van der Waals surface area contributed by atoms with E-state index in [1.165, 1.54) is 6.42 Å². The molecule has 1 nitrogen and oxygen atoms in total. The van der Waals surface area contributed by atoms with E-state index in [1.807, 2.05) is 0 Å². The van der Waals surface area contributed by atoms with Crippen molar-refractivity contribution in [2.75, 3.05) is 0 Å². The molecule has 0 heterocycles. The zero-order chi connectivity index (χ0) is 10.6. The predicted molar refractivity (Wildman–Crippen MR) is 46.9 cm³/mol. The van der Waals surface area contributed by atoms with Crippen LogP contribution in [0.2, 0.25) is 0 Å². The Balaban J connectivity index is 2.22. The van der Waals surface area contributed by atoms with Gasteiger partial charge < -0.3 is 0 Å². The van der Waals surface area contributed by atoms with Crippen LogP contribution in [0.1, 0.15) is 44.9 Å². The molecule has 0 atom stereocenters. The second-order valence-electron chi connectivity index (χ2n) is 3.96. The van der Waals surface area contributed by atoms with Gasteiger partial charge in [0, 0.05) is 6.42 Å². The van der Waals surface area contributed by atoms with Gasteiger partial charge in [0.05, 0.1) is 0 Å². The lowest BCUT2D eigenvalue weighted by atomic mass is 9.85. The van der Waals surface area contributed by atoms with Crippen LogP contribution in [0.4, 0.5) is 13.2 Å². The Morgan fingerprint density at radius 1 is 1.14 bits per heavy atom. The number of Topliss-reactive ketones (excluding diaryl/α,β-unsaturated/α-hetero) is 1. The molecule has 1 fully saturated rings. The van der Waals surface area contributed by atoms with E-state index in [1.54, 1.807) is 0 Å². The van der Waals surface area contributed by atoms with Crippen LogP contribution in [0.5, 0.6) is 0 Å². The van der Waals surface area contributed by atoms with Crippen molar-refractivity contribution in [3.63, 3.8) is 0 Å². The summed E-state index contributed by atoms with van der Waals surface area (Å²) >= 11 is 0. The lowest BCUT2D eigenvalue weighted by Crippen LogP contribution is -2.23. The van der Waals surface area contributed by atoms with Crippen molar-refractivity contribution in [1.29, 1.82) is 0 Å². The highest BCUT2D eigenvalue weighted by Gasteiger charge is 2.37. The number of rotatable bonds is 3. The number of carbonyl (C=O) groups excluding carboxylic acids is 1. The van der Waals surface area contributed by atoms with Crippen molar-refractivity contribution >= 4 is 5.78 Å². The zero-order valence-electron chi connectivity index (χ0n) is 8.07. The Hall–Kier alpha value is -0.540. The fraction of sp³-hybridized carbons (Fsp3) is 0.900. The molecule has 14 heavy (non-hydrogen) atoms. The molecular weight excluding hydrogens is 193 g/mol. The molecular formula is C10H15F3O. The molecule has 0 N–H and O–H groups in total. The Morgan fingerprint density at radius 3 is 2.21 bits per heavy atom. The highest BCUT2D eigenvalue weighted by atomic mass is 19.4. The molecule has 4 heteroatoms. The summed E-state index contributed by atoms with van der Waals surface area (Å²) in [5, 5.41) is 0. The maximum Gasteiger partial charge on any atom is 0.449 e. The van der Waals surface area contributed by atoms with E-state index in [0.717, 1.165) is 25.7 Å². The van der Waals surface area contributed by atoms with Crippen molar-refractivity contribution in [2.45, 2.75) is 51.1 Å². The third-order valence-electron chi connectivity index (χ3n) is 2.82. The number of hydrogen-bond donors (Lipinski definition) is 0. The number of ketones is 1. The highest BCUT2D eigenvalue weighted by molar-refractivity contribution is 5.83.